The van der Waals surface area contributed by atoms with Gasteiger partial charge in [0, 0.05) is 117 Å². The zero-order valence-corrected chi connectivity index (χ0v) is 60.7. The van der Waals surface area contributed by atoms with Crippen LogP contribution < -0.4 is 0 Å². The van der Waals surface area contributed by atoms with Crippen LogP contribution in [-0.2, 0) is 0 Å². The maximum absolute atomic E-state index is 5.10. The molecule has 0 aliphatic carbocycles. The van der Waals surface area contributed by atoms with E-state index in [0.29, 0.717) is 5.82 Å². The van der Waals surface area contributed by atoms with E-state index in [-0.39, 0.29) is 0 Å². The molecule has 524 valence electrons. The number of benzene rings is 14. The molecule has 0 atom stereocenters. The molecule has 0 aliphatic heterocycles. The second kappa shape index (κ2) is 27.5. The van der Waals surface area contributed by atoms with Gasteiger partial charge in [0.05, 0.1) is 55.9 Å². The predicted octanol–water partition coefficient (Wildman–Crippen LogP) is 26.1. The lowest BCUT2D eigenvalue weighted by Crippen LogP contribution is -1.97. The summed E-state index contributed by atoms with van der Waals surface area (Å²) in [6.45, 7) is 0. The number of nitrogens with zero attached hydrogens (tertiary/aromatic N) is 9. The second-order valence-electron chi connectivity index (χ2n) is 28.4. The third-order valence-corrected chi connectivity index (χ3v) is 21.7. The summed E-state index contributed by atoms with van der Waals surface area (Å²) >= 11 is 0. The van der Waals surface area contributed by atoms with Crippen LogP contribution in [0.1, 0.15) is 0 Å². The molecule has 0 N–H and O–H groups in total. The summed E-state index contributed by atoms with van der Waals surface area (Å²) in [5, 5.41) is 9.51. The van der Waals surface area contributed by atoms with Crippen LogP contribution in [0.2, 0.25) is 0 Å². The third kappa shape index (κ3) is 11.5. The van der Waals surface area contributed by atoms with Crippen LogP contribution in [0, 0.1) is 0 Å². The Bertz CT molecular complexity index is 6760. The van der Waals surface area contributed by atoms with Gasteiger partial charge >= 0.3 is 0 Å². The van der Waals surface area contributed by atoms with Crippen LogP contribution in [0.15, 0.2) is 407 Å². The number of para-hydroxylation sites is 6. The minimum atomic E-state index is 0.709. The maximum atomic E-state index is 5.10. The van der Waals surface area contributed by atoms with Crippen LogP contribution in [0.5, 0.6) is 0 Å². The van der Waals surface area contributed by atoms with Crippen LogP contribution in [0.25, 0.3) is 200 Å². The van der Waals surface area contributed by atoms with Crippen molar-refractivity contribution in [2.45, 2.75) is 0 Å². The molecule has 0 amide bonds. The van der Waals surface area contributed by atoms with Gasteiger partial charge < -0.3 is 9.13 Å². The number of fused-ring (bicyclic) bond motifs is 12. The summed E-state index contributed by atoms with van der Waals surface area (Å²) in [7, 11) is 0. The van der Waals surface area contributed by atoms with Gasteiger partial charge in [0.1, 0.15) is 11.3 Å². The lowest BCUT2D eigenvalue weighted by molar-refractivity contribution is 1.14. The highest BCUT2D eigenvalue weighted by Gasteiger charge is 2.22. The minimum Gasteiger partial charge on any atom is -0.309 e. The molecule has 0 unspecified atom stereocenters. The number of hydrogen-bond donors (Lipinski definition) is 0. The summed E-state index contributed by atoms with van der Waals surface area (Å²) in [5.74, 6) is 0.709. The average molecular weight is 1430 g/mol. The molecule has 22 rings (SSSR count). The maximum Gasteiger partial charge on any atom is 0.160 e. The molecule has 112 heavy (non-hydrogen) atoms. The van der Waals surface area contributed by atoms with Crippen molar-refractivity contribution >= 4 is 87.5 Å². The van der Waals surface area contributed by atoms with Gasteiger partial charge in [0.25, 0.3) is 0 Å². The van der Waals surface area contributed by atoms with Crippen LogP contribution in [0.3, 0.4) is 0 Å². The van der Waals surface area contributed by atoms with Gasteiger partial charge in [-0.1, -0.05) is 267 Å². The summed E-state index contributed by atoms with van der Waals surface area (Å²) in [5.41, 5.74) is 29.0. The van der Waals surface area contributed by atoms with Gasteiger partial charge in [-0.25, -0.2) is 24.9 Å². The van der Waals surface area contributed by atoms with Gasteiger partial charge in [0.15, 0.2) is 5.82 Å². The van der Waals surface area contributed by atoms with E-state index >= 15 is 0 Å². The number of pyridine rings is 3. The minimum absolute atomic E-state index is 0.709. The van der Waals surface area contributed by atoms with Gasteiger partial charge in [-0.3, -0.25) is 9.13 Å². The second-order valence-corrected chi connectivity index (χ2v) is 28.4. The Kier molecular flexibility index (Phi) is 16.0. The van der Waals surface area contributed by atoms with Crippen molar-refractivity contribution in [3.8, 4) is 113 Å². The fourth-order valence-electron chi connectivity index (χ4n) is 16.4. The van der Waals surface area contributed by atoms with Crippen molar-refractivity contribution in [2.24, 2.45) is 0 Å². The van der Waals surface area contributed by atoms with E-state index in [2.05, 4.69) is 358 Å². The molecule has 0 fully saturated rings. The molecular formula is C103H67N9. The van der Waals surface area contributed by atoms with E-state index in [0.717, 1.165) is 151 Å². The van der Waals surface area contributed by atoms with Crippen LogP contribution in [-0.4, -0.2) is 43.2 Å². The molecular weight excluding hydrogens is 1360 g/mol. The van der Waals surface area contributed by atoms with Gasteiger partial charge in [-0.05, 0) is 150 Å². The highest BCUT2D eigenvalue weighted by atomic mass is 15.1. The Labute approximate surface area is 645 Å². The zero-order chi connectivity index (χ0) is 74.0. The van der Waals surface area contributed by atoms with Gasteiger partial charge in [-0.15, -0.1) is 0 Å². The predicted molar refractivity (Wildman–Crippen MR) is 463 cm³/mol. The fourth-order valence-corrected chi connectivity index (χ4v) is 16.4. The monoisotopic (exact) mass is 1430 g/mol. The Morgan fingerprint density at radius 2 is 0.446 bits per heavy atom. The average Bonchev–Trinajstić information content (AvgIpc) is 1.59. The molecule has 0 spiro atoms. The smallest absolute Gasteiger partial charge is 0.160 e. The summed E-state index contributed by atoms with van der Waals surface area (Å²) in [6.07, 6.45) is 4.03. The highest BCUT2D eigenvalue weighted by molar-refractivity contribution is 6.14. The van der Waals surface area contributed by atoms with Crippen molar-refractivity contribution in [3.63, 3.8) is 0 Å². The first-order chi connectivity index (χ1) is 55.5. The lowest BCUT2D eigenvalue weighted by Gasteiger charge is -2.12. The first kappa shape index (κ1) is 65.1. The van der Waals surface area contributed by atoms with Crippen molar-refractivity contribution in [2.75, 3.05) is 0 Å². The van der Waals surface area contributed by atoms with Crippen molar-refractivity contribution < 1.29 is 0 Å². The number of rotatable bonds is 12. The van der Waals surface area contributed by atoms with E-state index in [9.17, 15) is 0 Å². The Morgan fingerprint density at radius 1 is 0.161 bits per heavy atom. The van der Waals surface area contributed by atoms with E-state index in [1.54, 1.807) is 0 Å². The molecule has 0 radical (unpaired) electrons. The first-order valence-corrected chi connectivity index (χ1v) is 37.8. The molecule has 22 aromatic rings. The largest absolute Gasteiger partial charge is 0.309 e. The molecule has 8 heterocycles. The third-order valence-electron chi connectivity index (χ3n) is 21.7. The van der Waals surface area contributed by atoms with E-state index in [1.165, 1.54) is 43.4 Å². The first-order valence-electron chi connectivity index (χ1n) is 37.8. The topological polar surface area (TPSA) is 84.2 Å². The molecule has 14 aromatic carbocycles. The lowest BCUT2D eigenvalue weighted by atomic mass is 10.00. The normalized spacial score (nSPS) is 11.6. The van der Waals surface area contributed by atoms with E-state index < -0.39 is 0 Å². The van der Waals surface area contributed by atoms with Crippen molar-refractivity contribution in [1.82, 2.24) is 43.2 Å². The molecule has 0 saturated carbocycles. The molecule has 9 heteroatoms. The summed E-state index contributed by atoms with van der Waals surface area (Å²) in [4.78, 5) is 25.3. The zero-order valence-electron chi connectivity index (χ0n) is 60.7. The van der Waals surface area contributed by atoms with Crippen LogP contribution in [0.4, 0.5) is 0 Å². The molecule has 8 aromatic heterocycles. The summed E-state index contributed by atoms with van der Waals surface area (Å²) in [6, 6.07) is 139. The standard InChI is InChI=1S/C52H34N4.C51H33N5/c1-4-14-36(15-5-1)47-32-39(33-48(54-47)37-16-6-2-7-17-37)35-24-27-42(28-25-35)55-49-22-12-10-20-43(49)45-30-38(26-29-51(45)55)40-31-46-44-21-11-13-23-50(44)56(52(46)53-34-40)41-18-8-3-9-19-41;1-4-14-34(15-5-1)45-32-46(54-50(53-45)36-16-6-2-7-17-36)35-24-27-40(28-25-35)55-47-22-12-10-20-41(47)43-30-37(26-29-49(43)55)38-31-44-42-21-11-13-23-48(42)56(51(44)52-33-38)39-18-8-3-9-19-39/h1-34H;1-33H. The SMILES string of the molecule is c1ccc(-c2cc(-c3ccc(-n4c5ccccc5c5cc(-c6cnc7c(c6)c6ccccc6n7-c6ccccc6)ccc54)cc3)cc(-c3ccccc3)n2)cc1.c1ccc(-c2cc(-c3ccc(-n4c5ccccc5c5cc(-c6cnc7c(c6)c6ccccc6n7-c6ccccc6)ccc54)cc3)nc(-c3ccccc3)n2)cc1. The van der Waals surface area contributed by atoms with Gasteiger partial charge in [-0.2, -0.15) is 0 Å². The van der Waals surface area contributed by atoms with Crippen LogP contribution >= 0.6 is 0 Å². The Hall–Kier alpha value is -15.2. The quantitative estimate of drug-likeness (QED) is 0.122. The Balaban J connectivity index is 0.000000141. The Morgan fingerprint density at radius 3 is 0.848 bits per heavy atom. The fraction of sp³-hybridized carbons (Fsp3) is 0. The van der Waals surface area contributed by atoms with Crippen molar-refractivity contribution in [1.29, 1.82) is 0 Å². The van der Waals surface area contributed by atoms with Gasteiger partial charge in [0.2, 0.25) is 0 Å². The molecule has 0 aliphatic rings. The van der Waals surface area contributed by atoms with E-state index in [1.807, 2.05) is 67.0 Å². The molecule has 0 bridgehead atoms. The van der Waals surface area contributed by atoms with E-state index in [4.69, 9.17) is 24.9 Å². The van der Waals surface area contributed by atoms with Crippen molar-refractivity contribution in [3.05, 3.63) is 407 Å². The number of aromatic nitrogens is 9. The molecule has 9 nitrogen and oxygen atoms in total. The highest BCUT2D eigenvalue weighted by Crippen LogP contribution is 2.42. The molecule has 0 saturated heterocycles. The number of hydrogen-bond acceptors (Lipinski definition) is 5. The summed E-state index contributed by atoms with van der Waals surface area (Å²) < 4.78 is 9.25.